The molecule has 0 bridgehead atoms. The van der Waals surface area contributed by atoms with Gasteiger partial charge in [-0.2, -0.15) is 4.98 Å². The summed E-state index contributed by atoms with van der Waals surface area (Å²) in [6.07, 6.45) is 1.14. The SMILES string of the molecule is CCc1c(Cc2ccccc2)n2c(nc1=O)SCC2OCCO. The Kier molecular flexibility index (Phi) is 5.15. The Morgan fingerprint density at radius 2 is 2.17 bits per heavy atom. The molecular weight excluding hydrogens is 312 g/mol. The van der Waals surface area contributed by atoms with Crippen molar-refractivity contribution in [1.29, 1.82) is 0 Å². The van der Waals surface area contributed by atoms with Crippen LogP contribution in [0.5, 0.6) is 0 Å². The maximum atomic E-state index is 12.3. The first-order valence-electron chi connectivity index (χ1n) is 7.78. The van der Waals surface area contributed by atoms with E-state index in [4.69, 9.17) is 9.84 Å². The fourth-order valence-corrected chi connectivity index (χ4v) is 3.91. The van der Waals surface area contributed by atoms with Gasteiger partial charge in [0.15, 0.2) is 5.16 Å². The lowest BCUT2D eigenvalue weighted by Gasteiger charge is -2.21. The largest absolute Gasteiger partial charge is 0.394 e. The number of ether oxygens (including phenoxy) is 1. The Balaban J connectivity index is 2.06. The topological polar surface area (TPSA) is 64.4 Å². The molecule has 1 unspecified atom stereocenters. The molecule has 2 aromatic rings. The number of thioether (sulfide) groups is 1. The number of aromatic nitrogens is 2. The lowest BCUT2D eigenvalue weighted by molar-refractivity contribution is -0.00338. The molecule has 1 N–H and O–H groups in total. The van der Waals surface area contributed by atoms with Crippen molar-refractivity contribution in [2.45, 2.75) is 31.1 Å². The Morgan fingerprint density at radius 3 is 2.87 bits per heavy atom. The van der Waals surface area contributed by atoms with E-state index in [9.17, 15) is 4.79 Å². The molecule has 1 aromatic heterocycles. The molecular formula is C17H20N2O3S. The molecule has 1 aliphatic heterocycles. The molecule has 2 heterocycles. The van der Waals surface area contributed by atoms with Gasteiger partial charge in [-0.3, -0.25) is 9.36 Å². The molecule has 1 aliphatic rings. The molecule has 0 saturated heterocycles. The minimum Gasteiger partial charge on any atom is -0.394 e. The van der Waals surface area contributed by atoms with Gasteiger partial charge in [-0.05, 0) is 12.0 Å². The Morgan fingerprint density at radius 1 is 1.39 bits per heavy atom. The first-order valence-corrected chi connectivity index (χ1v) is 8.76. The molecule has 0 radical (unpaired) electrons. The molecule has 0 spiro atoms. The minimum absolute atomic E-state index is 0.0151. The second kappa shape index (κ2) is 7.29. The van der Waals surface area contributed by atoms with Crippen molar-refractivity contribution in [3.63, 3.8) is 0 Å². The van der Waals surface area contributed by atoms with Gasteiger partial charge in [-0.15, -0.1) is 0 Å². The minimum atomic E-state index is -0.181. The maximum absolute atomic E-state index is 12.3. The highest BCUT2D eigenvalue weighted by Crippen LogP contribution is 2.34. The van der Waals surface area contributed by atoms with Crippen LogP contribution in [-0.2, 0) is 17.6 Å². The first-order chi connectivity index (χ1) is 11.2. The summed E-state index contributed by atoms with van der Waals surface area (Å²) in [4.78, 5) is 16.5. The van der Waals surface area contributed by atoms with Crippen molar-refractivity contribution in [1.82, 2.24) is 9.55 Å². The van der Waals surface area contributed by atoms with E-state index in [0.717, 1.165) is 16.8 Å². The van der Waals surface area contributed by atoms with Gasteiger partial charge < -0.3 is 9.84 Å². The van der Waals surface area contributed by atoms with Crippen molar-refractivity contribution in [3.05, 3.63) is 57.5 Å². The molecule has 122 valence electrons. The summed E-state index contributed by atoms with van der Waals surface area (Å²) >= 11 is 1.53. The lowest BCUT2D eigenvalue weighted by Crippen LogP contribution is -2.26. The van der Waals surface area contributed by atoms with Crippen LogP contribution in [0.2, 0.25) is 0 Å². The predicted octanol–water partition coefficient (Wildman–Crippen LogP) is 2.01. The lowest BCUT2D eigenvalue weighted by atomic mass is 10.0. The van der Waals surface area contributed by atoms with Crippen LogP contribution >= 0.6 is 11.8 Å². The van der Waals surface area contributed by atoms with Crippen LogP contribution in [0.3, 0.4) is 0 Å². The van der Waals surface area contributed by atoms with E-state index < -0.39 is 0 Å². The molecule has 0 fully saturated rings. The first kappa shape index (κ1) is 16.2. The van der Waals surface area contributed by atoms with E-state index in [-0.39, 0.29) is 25.0 Å². The zero-order valence-electron chi connectivity index (χ0n) is 13.1. The fourth-order valence-electron chi connectivity index (χ4n) is 2.86. The van der Waals surface area contributed by atoms with Gasteiger partial charge in [0.1, 0.15) is 6.23 Å². The van der Waals surface area contributed by atoms with Gasteiger partial charge in [-0.25, -0.2) is 0 Å². The molecule has 1 atom stereocenters. The number of nitrogens with zero attached hydrogens (tertiary/aromatic N) is 2. The molecule has 0 aliphatic carbocycles. The van der Waals surface area contributed by atoms with E-state index in [2.05, 4.69) is 17.1 Å². The Bertz CT molecular complexity index is 731. The van der Waals surface area contributed by atoms with Crippen LogP contribution in [0.15, 0.2) is 40.3 Å². The van der Waals surface area contributed by atoms with E-state index in [0.29, 0.717) is 23.8 Å². The van der Waals surface area contributed by atoms with Crippen molar-refractivity contribution in [3.8, 4) is 0 Å². The maximum Gasteiger partial charge on any atom is 0.277 e. The third-order valence-electron chi connectivity index (χ3n) is 3.91. The fraction of sp³-hybridized carbons (Fsp3) is 0.412. The van der Waals surface area contributed by atoms with Gasteiger partial charge in [0.05, 0.1) is 13.2 Å². The predicted molar refractivity (Wildman–Crippen MR) is 89.9 cm³/mol. The van der Waals surface area contributed by atoms with Crippen LogP contribution in [0, 0.1) is 0 Å². The van der Waals surface area contributed by atoms with Gasteiger partial charge in [-0.1, -0.05) is 49.0 Å². The normalized spacial score (nSPS) is 16.5. The standard InChI is InChI=1S/C17H20N2O3S/c1-2-13-14(10-12-6-4-3-5-7-12)19-15(22-9-8-20)11-23-17(19)18-16(13)21/h3-7,15,20H,2,8-11H2,1H3. The van der Waals surface area contributed by atoms with Crippen molar-refractivity contribution in [2.24, 2.45) is 0 Å². The number of rotatable bonds is 6. The van der Waals surface area contributed by atoms with E-state index in [1.165, 1.54) is 11.8 Å². The van der Waals surface area contributed by atoms with Gasteiger partial charge in [0, 0.05) is 23.4 Å². The smallest absolute Gasteiger partial charge is 0.277 e. The second-order valence-electron chi connectivity index (χ2n) is 5.37. The van der Waals surface area contributed by atoms with E-state index in [1.54, 1.807) is 0 Å². The zero-order chi connectivity index (χ0) is 16.2. The van der Waals surface area contributed by atoms with Crippen LogP contribution in [0.1, 0.15) is 30.0 Å². The number of hydrogen-bond acceptors (Lipinski definition) is 5. The van der Waals surface area contributed by atoms with Gasteiger partial charge >= 0.3 is 0 Å². The Hall–Kier alpha value is -1.63. The van der Waals surface area contributed by atoms with Gasteiger partial charge in [0.25, 0.3) is 5.56 Å². The van der Waals surface area contributed by atoms with Crippen LogP contribution < -0.4 is 5.56 Å². The molecule has 6 heteroatoms. The molecule has 5 nitrogen and oxygen atoms in total. The third kappa shape index (κ3) is 3.34. The van der Waals surface area contributed by atoms with Crippen molar-refractivity contribution >= 4 is 11.8 Å². The summed E-state index contributed by atoms with van der Waals surface area (Å²) in [6.45, 7) is 2.24. The molecule has 1 aromatic carbocycles. The zero-order valence-corrected chi connectivity index (χ0v) is 13.9. The summed E-state index contributed by atoms with van der Waals surface area (Å²) in [5, 5.41) is 9.73. The van der Waals surface area contributed by atoms with Crippen molar-refractivity contribution < 1.29 is 9.84 Å². The van der Waals surface area contributed by atoms with Gasteiger partial charge in [0.2, 0.25) is 0 Å². The average molecular weight is 332 g/mol. The highest BCUT2D eigenvalue weighted by molar-refractivity contribution is 7.99. The third-order valence-corrected chi connectivity index (χ3v) is 4.91. The average Bonchev–Trinajstić information content (AvgIpc) is 2.96. The molecule has 23 heavy (non-hydrogen) atoms. The molecule has 0 amide bonds. The van der Waals surface area contributed by atoms with Crippen LogP contribution in [0.4, 0.5) is 0 Å². The molecule has 0 saturated carbocycles. The van der Waals surface area contributed by atoms with Crippen LogP contribution in [0.25, 0.3) is 0 Å². The number of benzene rings is 1. The summed E-state index contributed by atoms with van der Waals surface area (Å²) in [6, 6.07) is 10.1. The number of hydrogen-bond donors (Lipinski definition) is 1. The summed E-state index contributed by atoms with van der Waals surface area (Å²) in [5.74, 6) is 0.710. The Labute approximate surface area is 139 Å². The highest BCUT2D eigenvalue weighted by atomic mass is 32.2. The summed E-state index contributed by atoms with van der Waals surface area (Å²) in [5.41, 5.74) is 2.74. The summed E-state index contributed by atoms with van der Waals surface area (Å²) in [7, 11) is 0. The second-order valence-corrected chi connectivity index (χ2v) is 6.36. The summed E-state index contributed by atoms with van der Waals surface area (Å²) < 4.78 is 7.78. The highest BCUT2D eigenvalue weighted by Gasteiger charge is 2.28. The van der Waals surface area contributed by atoms with E-state index >= 15 is 0 Å². The number of aliphatic hydroxyl groups excluding tert-OH is 1. The number of aliphatic hydroxyl groups is 1. The monoisotopic (exact) mass is 332 g/mol. The quantitative estimate of drug-likeness (QED) is 0.820. The van der Waals surface area contributed by atoms with Crippen molar-refractivity contribution in [2.75, 3.05) is 19.0 Å². The molecule has 3 rings (SSSR count). The van der Waals surface area contributed by atoms with Crippen LogP contribution in [-0.4, -0.2) is 33.6 Å². The number of fused-ring (bicyclic) bond motifs is 1. The van der Waals surface area contributed by atoms with E-state index in [1.807, 2.05) is 29.7 Å².